The van der Waals surface area contributed by atoms with Gasteiger partial charge in [-0.25, -0.2) is 18.0 Å². The minimum atomic E-state index is -1.85. The van der Waals surface area contributed by atoms with E-state index in [1.165, 1.54) is 6.08 Å². The predicted octanol–water partition coefficient (Wildman–Crippen LogP) is 3.60. The molecule has 260 valence electrons. The average molecular weight is 653 g/mol. The van der Waals surface area contributed by atoms with E-state index in [2.05, 4.69) is 48.2 Å². The van der Waals surface area contributed by atoms with E-state index in [1.807, 2.05) is 18.7 Å². The number of piperazine rings is 1. The fourth-order valence-electron chi connectivity index (χ4n) is 9.92. The number of hydrogen-bond donors (Lipinski definition) is 3. The van der Waals surface area contributed by atoms with Gasteiger partial charge < -0.3 is 25.2 Å². The molecule has 15 atom stereocenters. The molecule has 6 aliphatic rings. The van der Waals surface area contributed by atoms with Gasteiger partial charge in [0, 0.05) is 55.7 Å². The van der Waals surface area contributed by atoms with Crippen LogP contribution in [0.5, 0.6) is 0 Å². The quantitative estimate of drug-likeness (QED) is 0.404. The second-order valence-electron chi connectivity index (χ2n) is 15.4. The van der Waals surface area contributed by atoms with Crippen molar-refractivity contribution in [2.24, 2.45) is 29.6 Å². The van der Waals surface area contributed by atoms with E-state index >= 15 is 8.78 Å². The maximum atomic E-state index is 16.6. The van der Waals surface area contributed by atoms with Crippen molar-refractivity contribution in [1.82, 2.24) is 30.7 Å². The number of ether oxygens (including phenoxy) is 1. The number of carbonyl (C=O) groups excluding carboxylic acids is 2. The molecule has 46 heavy (non-hydrogen) atoms. The van der Waals surface area contributed by atoms with Crippen LogP contribution in [-0.4, -0.2) is 120 Å². The van der Waals surface area contributed by atoms with Gasteiger partial charge in [0.05, 0.1) is 24.5 Å². The smallest absolute Gasteiger partial charge is 0.320 e. The van der Waals surface area contributed by atoms with E-state index in [1.54, 1.807) is 4.90 Å². The van der Waals surface area contributed by atoms with E-state index in [0.717, 1.165) is 19.4 Å². The molecule has 0 aromatic carbocycles. The van der Waals surface area contributed by atoms with Gasteiger partial charge >= 0.3 is 6.03 Å². The molecule has 3 N–H and O–H groups in total. The normalized spacial score (nSPS) is 47.2. The second-order valence-corrected chi connectivity index (χ2v) is 15.4. The highest BCUT2D eigenvalue weighted by atomic mass is 19.2. The molecule has 2 bridgehead atoms. The highest BCUT2D eigenvalue weighted by molar-refractivity contribution is 5.87. The lowest BCUT2D eigenvalue weighted by molar-refractivity contribution is -0.142. The SMILES string of the molecule is C=CC(=O)N1C[C@H](C)N(C2NC(=O)N3C4NC(C(F)CC42)C2C(CCC(F)C2F)OCCC(C)C2CCNC(C(C)C)C23)C[C@H]1C. The van der Waals surface area contributed by atoms with Gasteiger partial charge in [-0.05, 0) is 76.3 Å². The zero-order chi connectivity index (χ0) is 33.0. The Morgan fingerprint density at radius 1 is 1.00 bits per heavy atom. The number of urea groups is 1. The molecule has 5 heterocycles. The number of fused-ring (bicyclic) bond motifs is 5. The van der Waals surface area contributed by atoms with E-state index in [9.17, 15) is 14.0 Å². The van der Waals surface area contributed by atoms with Crippen LogP contribution in [-0.2, 0) is 9.53 Å². The number of amides is 3. The summed E-state index contributed by atoms with van der Waals surface area (Å²) < 4.78 is 53.8. The highest BCUT2D eigenvalue weighted by Gasteiger charge is 2.59. The van der Waals surface area contributed by atoms with Gasteiger partial charge in [-0.15, -0.1) is 0 Å². The fourth-order valence-corrected chi connectivity index (χ4v) is 9.92. The van der Waals surface area contributed by atoms with Crippen LogP contribution in [0.25, 0.3) is 0 Å². The van der Waals surface area contributed by atoms with Crippen molar-refractivity contribution in [2.75, 3.05) is 26.2 Å². The van der Waals surface area contributed by atoms with Gasteiger partial charge in [-0.3, -0.25) is 15.0 Å². The number of hydrogen-bond acceptors (Lipinski definition) is 6. The third-order valence-corrected chi connectivity index (χ3v) is 12.3. The average Bonchev–Trinajstić information content (AvgIpc) is 3.02. The van der Waals surface area contributed by atoms with E-state index < -0.39 is 48.9 Å². The maximum Gasteiger partial charge on any atom is 0.320 e. The maximum absolute atomic E-state index is 16.6. The Balaban J connectivity index is 1.41. The lowest BCUT2D eigenvalue weighted by Gasteiger charge is -2.61. The van der Waals surface area contributed by atoms with Crippen LogP contribution >= 0.6 is 0 Å². The summed E-state index contributed by atoms with van der Waals surface area (Å²) in [6.07, 6.45) is -3.19. The number of alkyl halides is 3. The van der Waals surface area contributed by atoms with Crippen molar-refractivity contribution in [3.05, 3.63) is 12.7 Å². The van der Waals surface area contributed by atoms with E-state index in [4.69, 9.17) is 4.74 Å². The molecule has 6 rings (SSSR count). The Morgan fingerprint density at radius 2 is 1.76 bits per heavy atom. The summed E-state index contributed by atoms with van der Waals surface area (Å²) in [6, 6.07) is -1.62. The minimum absolute atomic E-state index is 0.00957. The summed E-state index contributed by atoms with van der Waals surface area (Å²) in [5.41, 5.74) is 0. The molecule has 1 saturated carbocycles. The number of nitrogens with one attached hydrogen (secondary N) is 3. The summed E-state index contributed by atoms with van der Waals surface area (Å²) in [6.45, 7) is 16.4. The van der Waals surface area contributed by atoms with Gasteiger partial charge in [0.2, 0.25) is 5.91 Å². The van der Waals surface area contributed by atoms with Crippen LogP contribution in [0.4, 0.5) is 18.0 Å². The molecule has 1 aliphatic carbocycles. The number of piperidine rings is 2. The third-order valence-electron chi connectivity index (χ3n) is 12.3. The molecular weight excluding hydrogens is 597 g/mol. The first-order chi connectivity index (χ1) is 21.9. The Bertz CT molecular complexity index is 1130. The topological polar surface area (TPSA) is 89.2 Å². The van der Waals surface area contributed by atoms with Crippen molar-refractivity contribution in [1.29, 1.82) is 0 Å². The summed E-state index contributed by atoms with van der Waals surface area (Å²) in [7, 11) is 0. The molecule has 6 fully saturated rings. The molecule has 5 aliphatic heterocycles. The summed E-state index contributed by atoms with van der Waals surface area (Å²) in [4.78, 5) is 33.1. The van der Waals surface area contributed by atoms with E-state index in [0.29, 0.717) is 26.1 Å². The molecule has 12 heteroatoms. The Labute approximate surface area is 272 Å². The molecule has 13 unspecified atom stereocenters. The zero-order valence-electron chi connectivity index (χ0n) is 28.1. The summed E-state index contributed by atoms with van der Waals surface area (Å²) in [5.74, 6) is -0.864. The first kappa shape index (κ1) is 34.0. The molecule has 0 aromatic heterocycles. The van der Waals surface area contributed by atoms with Crippen LogP contribution < -0.4 is 16.0 Å². The Hall–Kier alpha value is -1.89. The van der Waals surface area contributed by atoms with Gasteiger partial charge in [-0.2, -0.15) is 0 Å². The van der Waals surface area contributed by atoms with Gasteiger partial charge in [0.25, 0.3) is 0 Å². The summed E-state index contributed by atoms with van der Waals surface area (Å²) >= 11 is 0. The van der Waals surface area contributed by atoms with Crippen LogP contribution in [0.1, 0.15) is 66.7 Å². The standard InChI is InChI=1S/C34H55F3N6O3/c1-7-26(44)41-15-20(6)42(16-19(41)5)32-22-14-24(36)30-27-25(9-8-23(35)28(27)37)46-13-11-18(4)21-10-12-38-29(17(2)3)31(21)43(33(22)39-30)34(45)40-32/h7,17-25,27-33,38-39H,1,8-16H2,2-6H3,(H,40,45)/t18?,19-,20+,21?,22?,23?,24?,25?,27?,28?,29?,30?,31?,32?,33?/m1/s1. The van der Waals surface area contributed by atoms with Crippen molar-refractivity contribution in [3.63, 3.8) is 0 Å². The summed E-state index contributed by atoms with van der Waals surface area (Å²) in [5, 5.41) is 10.5. The second kappa shape index (κ2) is 13.6. The number of nitrogens with zero attached hydrogens (tertiary/aromatic N) is 3. The van der Waals surface area contributed by atoms with Crippen LogP contribution in [0.3, 0.4) is 0 Å². The minimum Gasteiger partial charge on any atom is -0.378 e. The largest absolute Gasteiger partial charge is 0.378 e. The first-order valence-corrected chi connectivity index (χ1v) is 17.7. The van der Waals surface area contributed by atoms with Gasteiger partial charge in [-0.1, -0.05) is 27.4 Å². The number of carbonyl (C=O) groups is 2. The fraction of sp³-hybridized carbons (Fsp3) is 0.882. The molecular formula is C34H55F3N6O3. The lowest BCUT2D eigenvalue weighted by atomic mass is 9.70. The van der Waals surface area contributed by atoms with E-state index in [-0.39, 0.29) is 72.6 Å². The van der Waals surface area contributed by atoms with Crippen molar-refractivity contribution in [3.8, 4) is 0 Å². The highest BCUT2D eigenvalue weighted by Crippen LogP contribution is 2.45. The molecule has 3 amide bonds. The molecule has 5 saturated heterocycles. The Kier molecular flexibility index (Phi) is 10.0. The molecule has 0 aromatic rings. The Morgan fingerprint density at radius 3 is 2.48 bits per heavy atom. The van der Waals surface area contributed by atoms with Gasteiger partial charge in [0.1, 0.15) is 18.5 Å². The zero-order valence-corrected chi connectivity index (χ0v) is 28.1. The predicted molar refractivity (Wildman–Crippen MR) is 170 cm³/mol. The first-order valence-electron chi connectivity index (χ1n) is 17.7. The number of halogens is 3. The molecule has 0 radical (unpaired) electrons. The van der Waals surface area contributed by atoms with Crippen LogP contribution in [0, 0.1) is 29.6 Å². The third kappa shape index (κ3) is 5.98. The molecule has 9 nitrogen and oxygen atoms in total. The van der Waals surface area contributed by atoms with Crippen molar-refractivity contribution < 1.29 is 27.5 Å². The van der Waals surface area contributed by atoms with Crippen molar-refractivity contribution in [2.45, 2.75) is 134 Å². The number of rotatable bonds is 3. The van der Waals surface area contributed by atoms with Gasteiger partial charge in [0.15, 0.2) is 0 Å². The van der Waals surface area contributed by atoms with Crippen LogP contribution in [0.15, 0.2) is 12.7 Å². The van der Waals surface area contributed by atoms with Crippen LogP contribution in [0.2, 0.25) is 0 Å². The monoisotopic (exact) mass is 652 g/mol. The lowest BCUT2D eigenvalue weighted by Crippen LogP contribution is -2.80. The van der Waals surface area contributed by atoms with Crippen molar-refractivity contribution >= 4 is 11.9 Å². The molecule has 0 spiro atoms.